The standard InChI is InChI=1S/C19H21Cl2N3O2/c1-23(2)19(26)13-5-8-16(9-6-13)22-18(25)12-24(3)11-14-4-7-15(20)10-17(14)21/h4-10H,11-12H2,1-3H3,(H,22,25)/p+1. The number of carbonyl (C=O) groups excluding carboxylic acids is 2. The molecule has 0 aliphatic rings. The summed E-state index contributed by atoms with van der Waals surface area (Å²) >= 11 is 12.1. The van der Waals surface area contributed by atoms with Gasteiger partial charge in [0.15, 0.2) is 6.54 Å². The van der Waals surface area contributed by atoms with Gasteiger partial charge in [0.2, 0.25) is 0 Å². The first kappa shape index (κ1) is 20.2. The van der Waals surface area contributed by atoms with Crippen LogP contribution in [-0.2, 0) is 11.3 Å². The highest BCUT2D eigenvalue weighted by molar-refractivity contribution is 6.35. The van der Waals surface area contributed by atoms with Crippen molar-refractivity contribution in [1.29, 1.82) is 0 Å². The van der Waals surface area contributed by atoms with Crippen molar-refractivity contribution in [3.63, 3.8) is 0 Å². The molecule has 2 amide bonds. The lowest BCUT2D eigenvalue weighted by Gasteiger charge is -2.15. The molecule has 0 aromatic heterocycles. The number of amides is 2. The van der Waals surface area contributed by atoms with E-state index in [-0.39, 0.29) is 18.4 Å². The van der Waals surface area contributed by atoms with Crippen LogP contribution >= 0.6 is 23.2 Å². The second-order valence-corrected chi connectivity index (χ2v) is 7.22. The van der Waals surface area contributed by atoms with E-state index in [4.69, 9.17) is 23.2 Å². The number of nitrogens with zero attached hydrogens (tertiary/aromatic N) is 1. The summed E-state index contributed by atoms with van der Waals surface area (Å²) in [4.78, 5) is 26.6. The summed E-state index contributed by atoms with van der Waals surface area (Å²) in [5.41, 5.74) is 2.17. The minimum atomic E-state index is -0.112. The summed E-state index contributed by atoms with van der Waals surface area (Å²) < 4.78 is 0. The van der Waals surface area contributed by atoms with Crippen LogP contribution in [0.5, 0.6) is 0 Å². The quantitative estimate of drug-likeness (QED) is 0.789. The Bertz CT molecular complexity index is 792. The molecule has 2 aromatic rings. The molecule has 0 heterocycles. The Balaban J connectivity index is 1.90. The summed E-state index contributed by atoms with van der Waals surface area (Å²) in [6.45, 7) is 0.900. The Morgan fingerprint density at radius 3 is 2.31 bits per heavy atom. The number of likely N-dealkylation sites (N-methyl/N-ethyl adjacent to an activating group) is 1. The van der Waals surface area contributed by atoms with Gasteiger partial charge in [-0.25, -0.2) is 0 Å². The molecule has 1 unspecified atom stereocenters. The second-order valence-electron chi connectivity index (χ2n) is 6.37. The van der Waals surface area contributed by atoms with E-state index in [0.29, 0.717) is 27.8 Å². The Morgan fingerprint density at radius 2 is 1.73 bits per heavy atom. The number of rotatable bonds is 6. The maximum absolute atomic E-state index is 12.2. The zero-order valence-corrected chi connectivity index (χ0v) is 16.5. The van der Waals surface area contributed by atoms with Crippen LogP contribution in [0, 0.1) is 0 Å². The molecule has 26 heavy (non-hydrogen) atoms. The van der Waals surface area contributed by atoms with E-state index in [1.807, 2.05) is 13.1 Å². The number of anilines is 1. The number of hydrogen-bond acceptors (Lipinski definition) is 2. The van der Waals surface area contributed by atoms with Gasteiger partial charge in [0, 0.05) is 35.9 Å². The fourth-order valence-corrected chi connectivity index (χ4v) is 2.96. The molecular weight excluding hydrogens is 373 g/mol. The molecule has 0 saturated carbocycles. The Kier molecular flexibility index (Phi) is 7.03. The minimum absolute atomic E-state index is 0.0769. The zero-order valence-electron chi connectivity index (χ0n) is 15.0. The SMILES string of the molecule is CN(C)C(=O)c1ccc(NC(=O)C[NH+](C)Cc2ccc(Cl)cc2Cl)cc1. The maximum Gasteiger partial charge on any atom is 0.279 e. The van der Waals surface area contributed by atoms with E-state index in [9.17, 15) is 9.59 Å². The van der Waals surface area contributed by atoms with Crippen molar-refractivity contribution in [3.05, 3.63) is 63.6 Å². The fourth-order valence-electron chi connectivity index (χ4n) is 2.49. The van der Waals surface area contributed by atoms with Crippen LogP contribution in [0.25, 0.3) is 0 Å². The van der Waals surface area contributed by atoms with Gasteiger partial charge in [0.1, 0.15) is 6.54 Å². The lowest BCUT2D eigenvalue weighted by Crippen LogP contribution is -3.08. The molecule has 0 aliphatic heterocycles. The molecule has 0 aliphatic carbocycles. The molecule has 0 fully saturated rings. The van der Waals surface area contributed by atoms with E-state index in [2.05, 4.69) is 5.32 Å². The van der Waals surface area contributed by atoms with Crippen molar-refractivity contribution < 1.29 is 14.5 Å². The lowest BCUT2D eigenvalue weighted by molar-refractivity contribution is -0.885. The first-order valence-corrected chi connectivity index (χ1v) is 8.88. The van der Waals surface area contributed by atoms with Gasteiger partial charge in [-0.15, -0.1) is 0 Å². The van der Waals surface area contributed by atoms with Crippen LogP contribution in [0.2, 0.25) is 10.0 Å². The summed E-state index contributed by atoms with van der Waals surface area (Å²) in [5, 5.41) is 4.02. The highest BCUT2D eigenvalue weighted by Gasteiger charge is 2.13. The van der Waals surface area contributed by atoms with Gasteiger partial charge in [-0.3, -0.25) is 9.59 Å². The highest BCUT2D eigenvalue weighted by atomic mass is 35.5. The maximum atomic E-state index is 12.2. The molecule has 1 atom stereocenters. The number of carbonyl (C=O) groups is 2. The van der Waals surface area contributed by atoms with Gasteiger partial charge < -0.3 is 15.1 Å². The number of benzene rings is 2. The second kappa shape index (κ2) is 9.03. The van der Waals surface area contributed by atoms with E-state index in [1.165, 1.54) is 4.90 Å². The predicted octanol–water partition coefficient (Wildman–Crippen LogP) is 2.35. The largest absolute Gasteiger partial charge is 0.345 e. The molecule has 2 aromatic carbocycles. The summed E-state index contributed by atoms with van der Waals surface area (Å²) in [6, 6.07) is 12.2. The highest BCUT2D eigenvalue weighted by Crippen LogP contribution is 2.20. The number of halogens is 2. The molecule has 0 spiro atoms. The van der Waals surface area contributed by atoms with Gasteiger partial charge in [0.05, 0.1) is 12.1 Å². The van der Waals surface area contributed by atoms with Crippen molar-refractivity contribution in [2.75, 3.05) is 33.0 Å². The molecule has 0 radical (unpaired) electrons. The normalized spacial score (nSPS) is 11.7. The summed E-state index contributed by atoms with van der Waals surface area (Å²) in [5.74, 6) is -0.189. The molecule has 0 saturated heterocycles. The third-order valence-electron chi connectivity index (χ3n) is 3.79. The molecular formula is C19H22Cl2N3O2+. The van der Waals surface area contributed by atoms with E-state index in [0.717, 1.165) is 10.5 Å². The summed E-state index contributed by atoms with van der Waals surface area (Å²) in [6.07, 6.45) is 0. The van der Waals surface area contributed by atoms with Crippen LogP contribution in [0.4, 0.5) is 5.69 Å². The van der Waals surface area contributed by atoms with Gasteiger partial charge in [-0.2, -0.15) is 0 Å². The van der Waals surface area contributed by atoms with Gasteiger partial charge in [-0.05, 0) is 36.4 Å². The van der Waals surface area contributed by atoms with Crippen LogP contribution in [0.15, 0.2) is 42.5 Å². The van der Waals surface area contributed by atoms with E-state index >= 15 is 0 Å². The Labute approximate surface area is 163 Å². The van der Waals surface area contributed by atoms with Gasteiger partial charge in [0.25, 0.3) is 11.8 Å². The summed E-state index contributed by atoms with van der Waals surface area (Å²) in [7, 11) is 5.32. The zero-order chi connectivity index (χ0) is 19.3. The third-order valence-corrected chi connectivity index (χ3v) is 4.38. The average Bonchev–Trinajstić information content (AvgIpc) is 2.57. The fraction of sp³-hybridized carbons (Fsp3) is 0.263. The Hall–Kier alpha value is -2.08. The third kappa shape index (κ3) is 5.73. The molecule has 138 valence electrons. The topological polar surface area (TPSA) is 53.9 Å². The van der Waals surface area contributed by atoms with Crippen LogP contribution < -0.4 is 10.2 Å². The number of hydrogen-bond donors (Lipinski definition) is 2. The van der Waals surface area contributed by atoms with Crippen LogP contribution in [-0.4, -0.2) is 44.4 Å². The van der Waals surface area contributed by atoms with E-state index < -0.39 is 0 Å². The number of nitrogens with one attached hydrogen (secondary N) is 2. The smallest absolute Gasteiger partial charge is 0.279 e. The van der Waals surface area contributed by atoms with Crippen molar-refractivity contribution in [3.8, 4) is 0 Å². The van der Waals surface area contributed by atoms with Gasteiger partial charge in [-0.1, -0.05) is 29.3 Å². The first-order valence-electron chi connectivity index (χ1n) is 8.13. The number of quaternary nitrogens is 1. The lowest BCUT2D eigenvalue weighted by atomic mass is 10.2. The predicted molar refractivity (Wildman–Crippen MR) is 105 cm³/mol. The minimum Gasteiger partial charge on any atom is -0.345 e. The average molecular weight is 395 g/mol. The van der Waals surface area contributed by atoms with Crippen molar-refractivity contribution >= 4 is 40.7 Å². The van der Waals surface area contributed by atoms with Crippen molar-refractivity contribution in [2.24, 2.45) is 0 Å². The monoisotopic (exact) mass is 394 g/mol. The first-order chi connectivity index (χ1) is 12.3. The molecule has 5 nitrogen and oxygen atoms in total. The molecule has 0 bridgehead atoms. The molecule has 2 rings (SSSR count). The molecule has 2 N–H and O–H groups in total. The van der Waals surface area contributed by atoms with Crippen molar-refractivity contribution in [1.82, 2.24) is 4.90 Å². The van der Waals surface area contributed by atoms with E-state index in [1.54, 1.807) is 50.5 Å². The van der Waals surface area contributed by atoms with Crippen LogP contribution in [0.3, 0.4) is 0 Å². The molecule has 7 heteroatoms. The van der Waals surface area contributed by atoms with Gasteiger partial charge >= 0.3 is 0 Å². The van der Waals surface area contributed by atoms with Crippen LogP contribution in [0.1, 0.15) is 15.9 Å². The van der Waals surface area contributed by atoms with Crippen molar-refractivity contribution in [2.45, 2.75) is 6.54 Å². The Morgan fingerprint density at radius 1 is 1.08 bits per heavy atom.